The number of nitrogens with one attached hydrogen (secondary N) is 1. The quantitative estimate of drug-likeness (QED) is 0.535. The summed E-state index contributed by atoms with van der Waals surface area (Å²) in [4.78, 5) is 24.1. The van der Waals surface area contributed by atoms with Gasteiger partial charge < -0.3 is 14.8 Å². The number of amides is 1. The van der Waals surface area contributed by atoms with Crippen LogP contribution in [0.3, 0.4) is 0 Å². The molecule has 2 aromatic carbocycles. The number of para-hydroxylation sites is 2. The predicted molar refractivity (Wildman–Crippen MR) is 92.4 cm³/mol. The molecular weight excluding hydrogens is 401 g/mol. The van der Waals surface area contributed by atoms with Gasteiger partial charge >= 0.3 is 18.8 Å². The molecule has 2 aromatic rings. The zero-order valence-electron chi connectivity index (χ0n) is 15.0. The highest BCUT2D eigenvalue weighted by molar-refractivity contribution is 5.96. The van der Waals surface area contributed by atoms with Gasteiger partial charge in [-0.3, -0.25) is 9.59 Å². The summed E-state index contributed by atoms with van der Waals surface area (Å²) in [5, 5.41) is 2.31. The van der Waals surface area contributed by atoms with Crippen molar-refractivity contribution in [3.05, 3.63) is 59.7 Å². The van der Waals surface area contributed by atoms with E-state index in [1.54, 1.807) is 0 Å². The van der Waals surface area contributed by atoms with Gasteiger partial charge in [-0.15, -0.1) is 0 Å². The first-order valence-corrected chi connectivity index (χ1v) is 8.26. The third-order valence-corrected chi connectivity index (χ3v) is 3.67. The molecule has 0 saturated heterocycles. The van der Waals surface area contributed by atoms with Crippen LogP contribution in [0.1, 0.15) is 18.1 Å². The largest absolute Gasteiger partial charge is 0.452 e. The van der Waals surface area contributed by atoms with Crippen LogP contribution in [0.15, 0.2) is 48.5 Å². The molecule has 1 amide bonds. The van der Waals surface area contributed by atoms with E-state index in [4.69, 9.17) is 4.74 Å². The van der Waals surface area contributed by atoms with E-state index in [1.165, 1.54) is 31.2 Å². The minimum Gasteiger partial charge on any atom is -0.452 e. The van der Waals surface area contributed by atoms with Crippen LogP contribution >= 0.6 is 0 Å². The lowest BCUT2D eigenvalue weighted by molar-refractivity contribution is -0.152. The number of carbonyl (C=O) groups is 2. The average molecular weight is 417 g/mol. The van der Waals surface area contributed by atoms with E-state index >= 15 is 0 Å². The van der Waals surface area contributed by atoms with Crippen molar-refractivity contribution >= 4 is 17.6 Å². The first kappa shape index (κ1) is 22.1. The Kier molecular flexibility index (Phi) is 7.13. The molecule has 1 atom stereocenters. The van der Waals surface area contributed by atoms with E-state index in [0.717, 1.165) is 24.3 Å². The van der Waals surface area contributed by atoms with Crippen LogP contribution in [-0.4, -0.2) is 24.6 Å². The first-order valence-electron chi connectivity index (χ1n) is 8.26. The Morgan fingerprint density at radius 3 is 2.24 bits per heavy atom. The minimum atomic E-state index is -4.49. The summed E-state index contributed by atoms with van der Waals surface area (Å²) in [6.45, 7) is -1.83. The lowest BCUT2D eigenvalue weighted by Crippen LogP contribution is -2.30. The molecule has 0 spiro atoms. The van der Waals surface area contributed by atoms with Crippen LogP contribution < -0.4 is 10.1 Å². The Morgan fingerprint density at radius 2 is 1.66 bits per heavy atom. The summed E-state index contributed by atoms with van der Waals surface area (Å²) in [7, 11) is 0. The third-order valence-electron chi connectivity index (χ3n) is 3.67. The normalized spacial score (nSPS) is 12.4. The molecule has 0 fully saturated rings. The van der Waals surface area contributed by atoms with E-state index in [-0.39, 0.29) is 23.4 Å². The predicted octanol–water partition coefficient (Wildman–Crippen LogP) is 4.42. The summed E-state index contributed by atoms with van der Waals surface area (Å²) >= 11 is 0. The molecule has 0 aliphatic carbocycles. The van der Waals surface area contributed by atoms with Crippen molar-refractivity contribution in [1.82, 2.24) is 0 Å². The van der Waals surface area contributed by atoms with Gasteiger partial charge in [-0.05, 0) is 36.8 Å². The highest BCUT2D eigenvalue weighted by Gasteiger charge is 2.30. The van der Waals surface area contributed by atoms with Gasteiger partial charge in [0.25, 0.3) is 5.91 Å². The Hall–Kier alpha value is -3.17. The van der Waals surface area contributed by atoms with E-state index in [1.807, 2.05) is 0 Å². The van der Waals surface area contributed by atoms with Crippen molar-refractivity contribution in [2.45, 2.75) is 32.2 Å². The molecule has 156 valence electrons. The summed E-state index contributed by atoms with van der Waals surface area (Å²) in [6, 6.07) is 9.39. The number of hydrogen-bond acceptors (Lipinski definition) is 4. The summed E-state index contributed by atoms with van der Waals surface area (Å²) in [6.07, 6.45) is -6.12. The average Bonchev–Trinajstić information content (AvgIpc) is 2.62. The molecular formula is C19H16F5NO4. The second-order valence-corrected chi connectivity index (χ2v) is 5.87. The van der Waals surface area contributed by atoms with Gasteiger partial charge in [-0.25, -0.2) is 0 Å². The molecule has 1 N–H and O–H groups in total. The molecule has 2 rings (SSSR count). The van der Waals surface area contributed by atoms with Crippen molar-refractivity contribution in [2.24, 2.45) is 0 Å². The van der Waals surface area contributed by atoms with Crippen molar-refractivity contribution in [3.8, 4) is 5.75 Å². The highest BCUT2D eigenvalue weighted by Crippen LogP contribution is 2.29. The second kappa shape index (κ2) is 9.35. The van der Waals surface area contributed by atoms with Gasteiger partial charge in [0.2, 0.25) is 0 Å². The van der Waals surface area contributed by atoms with Gasteiger partial charge in [-0.1, -0.05) is 24.3 Å². The van der Waals surface area contributed by atoms with E-state index in [0.29, 0.717) is 0 Å². The van der Waals surface area contributed by atoms with E-state index in [2.05, 4.69) is 10.1 Å². The maximum atomic E-state index is 12.5. The number of rotatable bonds is 7. The van der Waals surface area contributed by atoms with Crippen molar-refractivity contribution < 1.29 is 41.0 Å². The lowest BCUT2D eigenvalue weighted by Gasteiger charge is -2.16. The number of alkyl halides is 5. The molecule has 0 bridgehead atoms. The fourth-order valence-electron chi connectivity index (χ4n) is 2.27. The maximum absolute atomic E-state index is 12.5. The minimum absolute atomic E-state index is 0.0385. The maximum Gasteiger partial charge on any atom is 0.416 e. The lowest BCUT2D eigenvalue weighted by atomic mass is 10.1. The van der Waals surface area contributed by atoms with Gasteiger partial charge in [0, 0.05) is 0 Å². The number of halogens is 5. The summed E-state index contributed by atoms with van der Waals surface area (Å²) in [5.41, 5.74) is -0.623. The third kappa shape index (κ3) is 6.74. The standard InChI is InChI=1S/C19H16F5NO4/c1-11(17(27)25-14-4-2-3-5-15(14)29-18(20)21)28-16(26)10-12-6-8-13(9-7-12)19(22,23)24/h2-9,11,18H,10H2,1H3,(H,25,27). The molecule has 0 heterocycles. The Morgan fingerprint density at radius 1 is 1.03 bits per heavy atom. The van der Waals surface area contributed by atoms with E-state index in [9.17, 15) is 31.5 Å². The number of anilines is 1. The molecule has 1 unspecified atom stereocenters. The summed E-state index contributed by atoms with van der Waals surface area (Å²) < 4.78 is 71.6. The van der Waals surface area contributed by atoms with Crippen LogP contribution in [0, 0.1) is 0 Å². The van der Waals surface area contributed by atoms with Crippen LogP contribution in [0.5, 0.6) is 5.75 Å². The van der Waals surface area contributed by atoms with E-state index < -0.39 is 36.3 Å². The van der Waals surface area contributed by atoms with Gasteiger partial charge in [0.1, 0.15) is 5.75 Å². The number of hydrogen-bond donors (Lipinski definition) is 1. The number of ether oxygens (including phenoxy) is 2. The second-order valence-electron chi connectivity index (χ2n) is 5.87. The Labute approximate surface area is 162 Å². The topological polar surface area (TPSA) is 64.6 Å². The molecule has 29 heavy (non-hydrogen) atoms. The zero-order valence-corrected chi connectivity index (χ0v) is 15.0. The highest BCUT2D eigenvalue weighted by atomic mass is 19.4. The van der Waals surface area contributed by atoms with Crippen LogP contribution in [-0.2, 0) is 26.9 Å². The Balaban J connectivity index is 1.93. The number of carbonyl (C=O) groups excluding carboxylic acids is 2. The fourth-order valence-corrected chi connectivity index (χ4v) is 2.27. The number of esters is 1. The molecule has 0 saturated carbocycles. The first-order chi connectivity index (χ1) is 13.6. The molecule has 5 nitrogen and oxygen atoms in total. The van der Waals surface area contributed by atoms with Crippen LogP contribution in [0.25, 0.3) is 0 Å². The van der Waals surface area contributed by atoms with Gasteiger partial charge in [0.15, 0.2) is 6.10 Å². The SMILES string of the molecule is CC(OC(=O)Cc1ccc(C(F)(F)F)cc1)C(=O)Nc1ccccc1OC(F)F. The van der Waals surface area contributed by atoms with Crippen LogP contribution in [0.2, 0.25) is 0 Å². The zero-order chi connectivity index (χ0) is 21.6. The van der Waals surface area contributed by atoms with Crippen molar-refractivity contribution in [1.29, 1.82) is 0 Å². The Bertz CT molecular complexity index is 852. The van der Waals surface area contributed by atoms with Crippen molar-refractivity contribution in [2.75, 3.05) is 5.32 Å². The van der Waals surface area contributed by atoms with Gasteiger partial charge in [0.05, 0.1) is 17.7 Å². The molecule has 0 aliphatic rings. The summed E-state index contributed by atoms with van der Waals surface area (Å²) in [5.74, 6) is -1.90. The van der Waals surface area contributed by atoms with Gasteiger partial charge in [-0.2, -0.15) is 22.0 Å². The molecule has 0 aliphatic heterocycles. The molecule has 0 aromatic heterocycles. The molecule has 10 heteroatoms. The van der Waals surface area contributed by atoms with Crippen LogP contribution in [0.4, 0.5) is 27.6 Å². The smallest absolute Gasteiger partial charge is 0.416 e. The molecule has 0 radical (unpaired) electrons. The monoisotopic (exact) mass is 417 g/mol. The van der Waals surface area contributed by atoms with Crippen molar-refractivity contribution in [3.63, 3.8) is 0 Å². The number of benzene rings is 2. The fraction of sp³-hybridized carbons (Fsp3) is 0.263.